The van der Waals surface area contributed by atoms with Gasteiger partial charge in [-0.3, -0.25) is 0 Å². The monoisotopic (exact) mass is 298 g/mol. The fourth-order valence-corrected chi connectivity index (χ4v) is 2.85. The van der Waals surface area contributed by atoms with Crippen molar-refractivity contribution in [3.8, 4) is 0 Å². The highest BCUT2D eigenvalue weighted by Crippen LogP contribution is 2.25. The molecule has 3 heteroatoms. The first-order valence-electron chi connectivity index (χ1n) is 6.10. The first-order valence-corrected chi connectivity index (χ1v) is 6.89. The molecule has 0 amide bonds. The zero-order valence-electron chi connectivity index (χ0n) is 11.2. The van der Waals surface area contributed by atoms with E-state index >= 15 is 0 Å². The second-order valence-electron chi connectivity index (χ2n) is 5.51. The Bertz CT molecular complexity index is 356. The Morgan fingerprint density at radius 3 is 2.47 bits per heavy atom. The van der Waals surface area contributed by atoms with Crippen LogP contribution < -0.4 is 11.1 Å². The number of aryl methyl sites for hydroxylation is 1. The van der Waals surface area contributed by atoms with E-state index in [9.17, 15) is 0 Å². The van der Waals surface area contributed by atoms with Gasteiger partial charge < -0.3 is 11.1 Å². The lowest BCUT2D eigenvalue weighted by Gasteiger charge is -2.32. The third kappa shape index (κ3) is 4.68. The summed E-state index contributed by atoms with van der Waals surface area (Å²) in [5, 5.41) is 3.56. The van der Waals surface area contributed by atoms with Gasteiger partial charge in [0.25, 0.3) is 0 Å². The smallest absolute Gasteiger partial charge is 0.0470 e. The van der Waals surface area contributed by atoms with Crippen LogP contribution in [0.5, 0.6) is 0 Å². The predicted octanol–water partition coefficient (Wildman–Crippen LogP) is 3.93. The van der Waals surface area contributed by atoms with Gasteiger partial charge >= 0.3 is 0 Å². The Labute approximate surface area is 113 Å². The summed E-state index contributed by atoms with van der Waals surface area (Å²) in [4.78, 5) is 0. The minimum Gasteiger partial charge on any atom is -0.379 e. The van der Waals surface area contributed by atoms with E-state index in [-0.39, 0.29) is 5.54 Å². The highest BCUT2D eigenvalue weighted by molar-refractivity contribution is 9.10. The van der Waals surface area contributed by atoms with Crippen LogP contribution in [0.15, 0.2) is 22.7 Å². The van der Waals surface area contributed by atoms with Crippen LogP contribution >= 0.6 is 15.9 Å². The summed E-state index contributed by atoms with van der Waals surface area (Å²) in [6.07, 6.45) is 1.06. The van der Waals surface area contributed by atoms with Gasteiger partial charge in [-0.05, 0) is 49.9 Å². The van der Waals surface area contributed by atoms with Crippen LogP contribution in [-0.2, 0) is 0 Å². The standard InChI is InChI=1S/C14H23BrN2/c1-10(2)8-14(4,9-16)17-13-6-11(3)5-12(15)7-13/h5-7,10,17H,8-9,16H2,1-4H3. The average molecular weight is 299 g/mol. The van der Waals surface area contributed by atoms with Crippen molar-refractivity contribution in [2.45, 2.75) is 39.7 Å². The topological polar surface area (TPSA) is 38.0 Å². The van der Waals surface area contributed by atoms with Gasteiger partial charge in [-0.25, -0.2) is 0 Å². The molecule has 0 aliphatic rings. The molecule has 0 radical (unpaired) electrons. The molecular formula is C14H23BrN2. The molecule has 1 atom stereocenters. The van der Waals surface area contributed by atoms with E-state index in [1.165, 1.54) is 5.56 Å². The van der Waals surface area contributed by atoms with Crippen molar-refractivity contribution < 1.29 is 0 Å². The van der Waals surface area contributed by atoms with Crippen LogP contribution in [0.4, 0.5) is 5.69 Å². The van der Waals surface area contributed by atoms with Crippen LogP contribution in [0, 0.1) is 12.8 Å². The van der Waals surface area contributed by atoms with Crippen molar-refractivity contribution in [2.24, 2.45) is 11.7 Å². The molecule has 0 saturated heterocycles. The van der Waals surface area contributed by atoms with Gasteiger partial charge in [-0.1, -0.05) is 29.8 Å². The molecule has 0 bridgehead atoms. The van der Waals surface area contributed by atoms with Crippen LogP contribution in [0.3, 0.4) is 0 Å². The van der Waals surface area contributed by atoms with E-state index < -0.39 is 0 Å². The lowest BCUT2D eigenvalue weighted by atomic mass is 9.90. The summed E-state index contributed by atoms with van der Waals surface area (Å²) in [7, 11) is 0. The van der Waals surface area contributed by atoms with Crippen molar-refractivity contribution >= 4 is 21.6 Å². The van der Waals surface area contributed by atoms with Gasteiger partial charge in [0.2, 0.25) is 0 Å². The number of nitrogens with one attached hydrogen (secondary N) is 1. The number of rotatable bonds is 5. The Morgan fingerprint density at radius 2 is 2.00 bits per heavy atom. The van der Waals surface area contributed by atoms with E-state index in [4.69, 9.17) is 5.73 Å². The molecule has 3 N–H and O–H groups in total. The Balaban J connectivity index is 2.86. The maximum atomic E-state index is 5.91. The summed E-state index contributed by atoms with van der Waals surface area (Å²) in [6, 6.07) is 6.35. The number of halogens is 1. The molecule has 0 spiro atoms. The van der Waals surface area contributed by atoms with Crippen LogP contribution in [0.25, 0.3) is 0 Å². The largest absolute Gasteiger partial charge is 0.379 e. The molecular weight excluding hydrogens is 276 g/mol. The highest BCUT2D eigenvalue weighted by atomic mass is 79.9. The van der Waals surface area contributed by atoms with Crippen molar-refractivity contribution in [2.75, 3.05) is 11.9 Å². The van der Waals surface area contributed by atoms with Crippen molar-refractivity contribution in [3.63, 3.8) is 0 Å². The van der Waals surface area contributed by atoms with Crippen LogP contribution in [0.2, 0.25) is 0 Å². The summed E-state index contributed by atoms with van der Waals surface area (Å²) >= 11 is 3.52. The maximum absolute atomic E-state index is 5.91. The highest BCUT2D eigenvalue weighted by Gasteiger charge is 2.23. The molecule has 0 fully saturated rings. The molecule has 2 nitrogen and oxygen atoms in total. The van der Waals surface area contributed by atoms with Gasteiger partial charge in [-0.2, -0.15) is 0 Å². The van der Waals surface area contributed by atoms with Gasteiger partial charge in [0.05, 0.1) is 0 Å². The van der Waals surface area contributed by atoms with Crippen molar-refractivity contribution in [1.29, 1.82) is 0 Å². The summed E-state index contributed by atoms with van der Waals surface area (Å²) in [5.74, 6) is 0.629. The Kier molecular flexibility index (Phi) is 5.02. The zero-order chi connectivity index (χ0) is 13.1. The molecule has 0 aromatic heterocycles. The molecule has 96 valence electrons. The van der Waals surface area contributed by atoms with Crippen molar-refractivity contribution in [1.82, 2.24) is 0 Å². The SMILES string of the molecule is Cc1cc(Br)cc(NC(C)(CN)CC(C)C)c1. The first-order chi connectivity index (χ1) is 7.84. The number of benzene rings is 1. The summed E-state index contributed by atoms with van der Waals surface area (Å²) in [5.41, 5.74) is 8.24. The summed E-state index contributed by atoms with van der Waals surface area (Å²) < 4.78 is 1.10. The van der Waals surface area contributed by atoms with Gasteiger partial charge in [-0.15, -0.1) is 0 Å². The molecule has 1 aromatic carbocycles. The normalized spacial score (nSPS) is 14.8. The Hall–Kier alpha value is -0.540. The molecule has 1 aromatic rings. The van der Waals surface area contributed by atoms with E-state index in [2.05, 4.69) is 67.1 Å². The molecule has 0 aliphatic heterocycles. The molecule has 0 saturated carbocycles. The lowest BCUT2D eigenvalue weighted by Crippen LogP contribution is -2.43. The Morgan fingerprint density at radius 1 is 1.35 bits per heavy atom. The average Bonchev–Trinajstić information content (AvgIpc) is 2.14. The van der Waals surface area contributed by atoms with Crippen LogP contribution in [-0.4, -0.2) is 12.1 Å². The van der Waals surface area contributed by atoms with E-state index in [0.29, 0.717) is 12.5 Å². The van der Waals surface area contributed by atoms with Crippen molar-refractivity contribution in [3.05, 3.63) is 28.2 Å². The molecule has 17 heavy (non-hydrogen) atoms. The third-order valence-electron chi connectivity index (χ3n) is 2.80. The van der Waals surface area contributed by atoms with E-state index in [1.54, 1.807) is 0 Å². The number of hydrogen-bond donors (Lipinski definition) is 2. The third-order valence-corrected chi connectivity index (χ3v) is 3.26. The number of anilines is 1. The molecule has 1 unspecified atom stereocenters. The van der Waals surface area contributed by atoms with E-state index in [0.717, 1.165) is 16.6 Å². The fourth-order valence-electron chi connectivity index (χ4n) is 2.24. The zero-order valence-corrected chi connectivity index (χ0v) is 12.8. The molecule has 0 heterocycles. The molecule has 1 rings (SSSR count). The first kappa shape index (κ1) is 14.5. The molecule has 0 aliphatic carbocycles. The predicted molar refractivity (Wildman–Crippen MR) is 79.4 cm³/mol. The lowest BCUT2D eigenvalue weighted by molar-refractivity contribution is 0.407. The number of nitrogens with two attached hydrogens (primary N) is 1. The second-order valence-corrected chi connectivity index (χ2v) is 6.42. The maximum Gasteiger partial charge on any atom is 0.0470 e. The minimum absolute atomic E-state index is 0.0403. The minimum atomic E-state index is -0.0403. The van der Waals surface area contributed by atoms with E-state index in [1.807, 2.05) is 0 Å². The van der Waals surface area contributed by atoms with Crippen LogP contribution in [0.1, 0.15) is 32.8 Å². The summed E-state index contributed by atoms with van der Waals surface area (Å²) in [6.45, 7) is 9.36. The quantitative estimate of drug-likeness (QED) is 0.864. The fraction of sp³-hybridized carbons (Fsp3) is 0.571. The van der Waals surface area contributed by atoms with Gasteiger partial charge in [0, 0.05) is 22.2 Å². The second kappa shape index (κ2) is 5.87. The van der Waals surface area contributed by atoms with Gasteiger partial charge in [0.15, 0.2) is 0 Å². The van der Waals surface area contributed by atoms with Gasteiger partial charge in [0.1, 0.15) is 0 Å². The number of hydrogen-bond acceptors (Lipinski definition) is 2.